The summed E-state index contributed by atoms with van der Waals surface area (Å²) in [5.74, 6) is -1.12. The van der Waals surface area contributed by atoms with Gasteiger partial charge < -0.3 is 16.2 Å². The van der Waals surface area contributed by atoms with Gasteiger partial charge in [-0.05, 0) is 19.8 Å². The number of thiazole rings is 1. The first kappa shape index (κ1) is 13.0. The van der Waals surface area contributed by atoms with E-state index in [1.54, 1.807) is 6.92 Å². The number of hydrogen-bond donors (Lipinski definition) is 3. The lowest BCUT2D eigenvalue weighted by atomic mass is 10.1. The van der Waals surface area contributed by atoms with Gasteiger partial charge in [-0.15, -0.1) is 11.3 Å². The molecular weight excluding hydrogens is 254 g/mol. The molecule has 0 spiro atoms. The van der Waals surface area contributed by atoms with E-state index in [4.69, 9.17) is 10.8 Å². The minimum Gasteiger partial charge on any atom is -0.476 e. The van der Waals surface area contributed by atoms with Gasteiger partial charge in [0.15, 0.2) is 5.69 Å². The Kier molecular flexibility index (Phi) is 3.36. The molecule has 6 nitrogen and oxygen atoms in total. The largest absolute Gasteiger partial charge is 0.476 e. The highest BCUT2D eigenvalue weighted by molar-refractivity contribution is 7.09. The number of carbonyl (C=O) groups excluding carboxylic acids is 1. The zero-order valence-corrected chi connectivity index (χ0v) is 10.8. The van der Waals surface area contributed by atoms with E-state index in [9.17, 15) is 9.59 Å². The summed E-state index contributed by atoms with van der Waals surface area (Å²) in [6.45, 7) is 2.14. The van der Waals surface area contributed by atoms with Crippen LogP contribution in [0.15, 0.2) is 5.38 Å². The van der Waals surface area contributed by atoms with Crippen molar-refractivity contribution in [2.45, 2.75) is 25.8 Å². The molecule has 1 aromatic heterocycles. The van der Waals surface area contributed by atoms with Gasteiger partial charge in [-0.25, -0.2) is 9.78 Å². The van der Waals surface area contributed by atoms with Crippen molar-refractivity contribution in [1.82, 2.24) is 10.3 Å². The van der Waals surface area contributed by atoms with E-state index in [0.29, 0.717) is 11.6 Å². The Hall–Kier alpha value is -1.47. The van der Waals surface area contributed by atoms with Crippen LogP contribution in [0.2, 0.25) is 0 Å². The van der Waals surface area contributed by atoms with E-state index >= 15 is 0 Å². The molecular formula is C11H15N3O3S. The maximum Gasteiger partial charge on any atom is 0.355 e. The Labute approximate surface area is 108 Å². The van der Waals surface area contributed by atoms with Crippen LogP contribution < -0.4 is 11.1 Å². The molecule has 1 atom stereocenters. The highest BCUT2D eigenvalue weighted by Crippen LogP contribution is 2.45. The van der Waals surface area contributed by atoms with Gasteiger partial charge in [-0.3, -0.25) is 4.79 Å². The first-order chi connectivity index (χ1) is 8.48. The average molecular weight is 269 g/mol. The second-order valence-corrected chi connectivity index (χ2v) is 5.45. The predicted molar refractivity (Wildman–Crippen MR) is 66.4 cm³/mol. The molecule has 1 unspecified atom stereocenters. The van der Waals surface area contributed by atoms with Gasteiger partial charge in [0.1, 0.15) is 5.01 Å². The van der Waals surface area contributed by atoms with Crippen LogP contribution in [0.25, 0.3) is 0 Å². The fourth-order valence-corrected chi connectivity index (χ4v) is 2.47. The zero-order valence-electron chi connectivity index (χ0n) is 9.97. The number of carbonyl (C=O) groups is 2. The monoisotopic (exact) mass is 269 g/mol. The van der Waals surface area contributed by atoms with Crippen LogP contribution in [0.4, 0.5) is 0 Å². The van der Waals surface area contributed by atoms with E-state index in [1.165, 1.54) is 16.7 Å². The van der Waals surface area contributed by atoms with Crippen molar-refractivity contribution in [1.29, 1.82) is 0 Å². The number of nitrogens with two attached hydrogens (primary N) is 1. The number of nitrogens with zero attached hydrogens (tertiary/aromatic N) is 1. The summed E-state index contributed by atoms with van der Waals surface area (Å²) >= 11 is 1.23. The van der Waals surface area contributed by atoms with Crippen molar-refractivity contribution >= 4 is 23.2 Å². The molecule has 4 N–H and O–H groups in total. The molecule has 0 aromatic carbocycles. The molecule has 1 amide bonds. The van der Waals surface area contributed by atoms with Gasteiger partial charge in [0, 0.05) is 11.9 Å². The number of hydrogen-bond acceptors (Lipinski definition) is 5. The van der Waals surface area contributed by atoms with E-state index in [2.05, 4.69) is 10.3 Å². The lowest BCUT2D eigenvalue weighted by Gasteiger charge is -2.16. The number of carboxylic acid groups (broad SMARTS) is 1. The topological polar surface area (TPSA) is 105 Å². The van der Waals surface area contributed by atoms with Crippen LogP contribution in [0, 0.1) is 5.41 Å². The molecule has 7 heteroatoms. The molecule has 0 saturated heterocycles. The lowest BCUT2D eigenvalue weighted by molar-refractivity contribution is -0.126. The standard InChI is InChI=1S/C11H15N3O3S/c1-6(8-14-7(4-18-8)9(15)16)13-10(17)11(5-12)2-3-11/h4,6H,2-3,5,12H2,1H3,(H,13,17)(H,15,16). The normalized spacial score (nSPS) is 18.1. The molecule has 1 aliphatic carbocycles. The average Bonchev–Trinajstić information content (AvgIpc) is 2.97. The van der Waals surface area contributed by atoms with E-state index in [0.717, 1.165) is 12.8 Å². The number of aromatic carboxylic acids is 1. The summed E-state index contributed by atoms with van der Waals surface area (Å²) in [7, 11) is 0. The van der Waals surface area contributed by atoms with Gasteiger partial charge in [-0.2, -0.15) is 0 Å². The molecule has 1 fully saturated rings. The summed E-state index contributed by atoms with van der Waals surface area (Å²) in [6.07, 6.45) is 1.64. The van der Waals surface area contributed by atoms with Crippen LogP contribution in [0.5, 0.6) is 0 Å². The Morgan fingerprint density at radius 3 is 2.78 bits per heavy atom. The fourth-order valence-electron chi connectivity index (χ4n) is 1.67. The van der Waals surface area contributed by atoms with Crippen LogP contribution >= 0.6 is 11.3 Å². The smallest absolute Gasteiger partial charge is 0.355 e. The van der Waals surface area contributed by atoms with Crippen LogP contribution in [-0.2, 0) is 4.79 Å². The molecule has 0 bridgehead atoms. The highest BCUT2D eigenvalue weighted by Gasteiger charge is 2.48. The summed E-state index contributed by atoms with van der Waals surface area (Å²) in [4.78, 5) is 26.6. The van der Waals surface area contributed by atoms with Crippen molar-refractivity contribution in [2.75, 3.05) is 6.54 Å². The molecule has 0 aliphatic heterocycles. The summed E-state index contributed by atoms with van der Waals surface area (Å²) in [5, 5.41) is 13.7. The van der Waals surface area contributed by atoms with Crippen molar-refractivity contribution in [3.63, 3.8) is 0 Å². The summed E-state index contributed by atoms with van der Waals surface area (Å²) in [6, 6.07) is -0.292. The van der Waals surface area contributed by atoms with Gasteiger partial charge in [0.2, 0.25) is 5.91 Å². The number of amides is 1. The Balaban J connectivity index is 2.01. The minimum atomic E-state index is -1.06. The number of rotatable bonds is 5. The Morgan fingerprint density at radius 2 is 2.33 bits per heavy atom. The Morgan fingerprint density at radius 1 is 1.67 bits per heavy atom. The number of aromatic nitrogens is 1. The van der Waals surface area contributed by atoms with Crippen molar-refractivity contribution in [3.05, 3.63) is 16.1 Å². The molecule has 1 heterocycles. The van der Waals surface area contributed by atoms with Crippen LogP contribution in [0.3, 0.4) is 0 Å². The maximum absolute atomic E-state index is 12.0. The summed E-state index contributed by atoms with van der Waals surface area (Å²) < 4.78 is 0. The second kappa shape index (κ2) is 4.66. The first-order valence-corrected chi connectivity index (χ1v) is 6.56. The highest BCUT2D eigenvalue weighted by atomic mass is 32.1. The predicted octanol–water partition coefficient (Wildman–Crippen LogP) is 0.757. The van der Waals surface area contributed by atoms with Crippen LogP contribution in [-0.4, -0.2) is 28.5 Å². The quantitative estimate of drug-likeness (QED) is 0.731. The molecule has 1 aliphatic rings. The van der Waals surface area contributed by atoms with Crippen molar-refractivity contribution < 1.29 is 14.7 Å². The Bertz CT molecular complexity index is 482. The van der Waals surface area contributed by atoms with Crippen molar-refractivity contribution in [3.8, 4) is 0 Å². The lowest BCUT2D eigenvalue weighted by Crippen LogP contribution is -2.37. The van der Waals surface area contributed by atoms with Gasteiger partial charge in [-0.1, -0.05) is 0 Å². The van der Waals surface area contributed by atoms with Crippen LogP contribution in [0.1, 0.15) is 41.3 Å². The zero-order chi connectivity index (χ0) is 13.3. The van der Waals surface area contributed by atoms with Crippen molar-refractivity contribution in [2.24, 2.45) is 11.1 Å². The van der Waals surface area contributed by atoms with E-state index in [-0.39, 0.29) is 17.6 Å². The fraction of sp³-hybridized carbons (Fsp3) is 0.545. The minimum absolute atomic E-state index is 0.0102. The van der Waals surface area contributed by atoms with Gasteiger partial charge >= 0.3 is 5.97 Å². The third-order valence-electron chi connectivity index (χ3n) is 3.19. The maximum atomic E-state index is 12.0. The third-order valence-corrected chi connectivity index (χ3v) is 4.21. The van der Waals surface area contributed by atoms with Gasteiger partial charge in [0.25, 0.3) is 0 Å². The SMILES string of the molecule is CC(NC(=O)C1(CN)CC1)c1nc(C(=O)O)cs1. The number of nitrogens with one attached hydrogen (secondary N) is 1. The molecule has 2 rings (SSSR count). The molecule has 0 radical (unpaired) electrons. The molecule has 1 aromatic rings. The summed E-state index contributed by atoms with van der Waals surface area (Å²) in [5.41, 5.74) is 5.18. The third kappa shape index (κ3) is 2.37. The number of carboxylic acids is 1. The van der Waals surface area contributed by atoms with E-state index in [1.807, 2.05) is 0 Å². The molecule has 1 saturated carbocycles. The molecule has 98 valence electrons. The molecule has 18 heavy (non-hydrogen) atoms. The second-order valence-electron chi connectivity index (χ2n) is 4.56. The first-order valence-electron chi connectivity index (χ1n) is 5.68. The van der Waals surface area contributed by atoms with E-state index < -0.39 is 11.4 Å². The van der Waals surface area contributed by atoms with Gasteiger partial charge in [0.05, 0.1) is 11.5 Å².